The summed E-state index contributed by atoms with van der Waals surface area (Å²) in [7, 11) is 0. The minimum Gasteiger partial charge on any atom is -0.454 e. The summed E-state index contributed by atoms with van der Waals surface area (Å²) in [5.74, 6) is 1.22. The molecule has 0 saturated carbocycles. The van der Waals surface area contributed by atoms with Crippen LogP contribution in [0.4, 0.5) is 0 Å². The number of hydrogen-bond acceptors (Lipinski definition) is 5. The summed E-state index contributed by atoms with van der Waals surface area (Å²) in [6, 6.07) is 3.54. The van der Waals surface area contributed by atoms with E-state index in [0.29, 0.717) is 55.5 Å². The van der Waals surface area contributed by atoms with Crippen LogP contribution < -0.4 is 9.47 Å². The Hall–Kier alpha value is -2.25. The van der Waals surface area contributed by atoms with Crippen LogP contribution in [-0.4, -0.2) is 66.8 Å². The van der Waals surface area contributed by atoms with E-state index < -0.39 is 0 Å². The molecule has 2 saturated heterocycles. The Balaban J connectivity index is 1.31. The molecule has 0 unspecified atom stereocenters. The van der Waals surface area contributed by atoms with Crippen molar-refractivity contribution in [1.29, 1.82) is 0 Å². The summed E-state index contributed by atoms with van der Waals surface area (Å²) in [5, 5.41) is 0.461. The largest absolute Gasteiger partial charge is 0.454 e. The minimum absolute atomic E-state index is 0.0248. The van der Waals surface area contributed by atoms with Crippen molar-refractivity contribution in [2.75, 3.05) is 33.0 Å². The molecule has 0 aromatic heterocycles. The van der Waals surface area contributed by atoms with Crippen LogP contribution in [-0.2, 0) is 14.3 Å². The first-order valence-electron chi connectivity index (χ1n) is 10.4. The molecule has 0 spiro atoms. The van der Waals surface area contributed by atoms with Crippen molar-refractivity contribution in [2.24, 2.45) is 5.92 Å². The number of morpholine rings is 1. The molecular formula is C22H27ClN2O5. The molecule has 0 radical (unpaired) electrons. The highest BCUT2D eigenvalue weighted by molar-refractivity contribution is 6.32. The Bertz CT molecular complexity index is 840. The topological polar surface area (TPSA) is 68.3 Å². The van der Waals surface area contributed by atoms with Gasteiger partial charge in [0.05, 0.1) is 17.2 Å². The molecule has 2 fully saturated rings. The molecule has 8 heteroatoms. The van der Waals surface area contributed by atoms with Crippen molar-refractivity contribution in [3.05, 3.63) is 28.8 Å². The zero-order valence-electron chi connectivity index (χ0n) is 17.3. The highest BCUT2D eigenvalue weighted by Crippen LogP contribution is 2.40. The van der Waals surface area contributed by atoms with Gasteiger partial charge in [0.2, 0.25) is 18.6 Å². The van der Waals surface area contributed by atoms with E-state index in [4.69, 9.17) is 25.8 Å². The summed E-state index contributed by atoms with van der Waals surface area (Å²) in [6.07, 6.45) is 4.77. The van der Waals surface area contributed by atoms with Crippen LogP contribution in [0.15, 0.2) is 18.2 Å². The van der Waals surface area contributed by atoms with Gasteiger partial charge in [-0.15, -0.1) is 0 Å². The predicted octanol–water partition coefficient (Wildman–Crippen LogP) is 2.96. The van der Waals surface area contributed by atoms with Gasteiger partial charge >= 0.3 is 0 Å². The molecule has 3 aliphatic heterocycles. The molecule has 0 aliphatic carbocycles. The maximum atomic E-state index is 12.9. The molecule has 0 bridgehead atoms. The monoisotopic (exact) mass is 434 g/mol. The zero-order chi connectivity index (χ0) is 21.3. The molecule has 2 amide bonds. The van der Waals surface area contributed by atoms with E-state index in [1.54, 1.807) is 29.2 Å². The highest BCUT2D eigenvalue weighted by atomic mass is 35.5. The number of carbonyl (C=O) groups excluding carboxylic acids is 2. The van der Waals surface area contributed by atoms with E-state index in [1.165, 1.54) is 0 Å². The van der Waals surface area contributed by atoms with E-state index in [9.17, 15) is 9.59 Å². The van der Waals surface area contributed by atoms with Gasteiger partial charge in [-0.05, 0) is 50.5 Å². The molecule has 3 heterocycles. The molecule has 3 aliphatic rings. The zero-order valence-corrected chi connectivity index (χ0v) is 18.1. The van der Waals surface area contributed by atoms with E-state index in [2.05, 4.69) is 0 Å². The quantitative estimate of drug-likeness (QED) is 0.684. The van der Waals surface area contributed by atoms with E-state index in [-0.39, 0.29) is 36.7 Å². The number of halogens is 1. The van der Waals surface area contributed by atoms with Gasteiger partial charge in [-0.25, -0.2) is 0 Å². The van der Waals surface area contributed by atoms with Crippen LogP contribution >= 0.6 is 11.6 Å². The second kappa shape index (κ2) is 8.86. The number of amides is 2. The number of hydrogen-bond donors (Lipinski definition) is 0. The third kappa shape index (κ3) is 4.57. The molecule has 1 aromatic carbocycles. The maximum absolute atomic E-state index is 12.9. The molecule has 162 valence electrons. The van der Waals surface area contributed by atoms with Gasteiger partial charge in [0.1, 0.15) is 0 Å². The highest BCUT2D eigenvalue weighted by Gasteiger charge is 2.33. The fourth-order valence-electron chi connectivity index (χ4n) is 4.32. The summed E-state index contributed by atoms with van der Waals surface area (Å²) in [6.45, 7) is 6.59. The van der Waals surface area contributed by atoms with Crippen molar-refractivity contribution in [3.8, 4) is 11.5 Å². The Morgan fingerprint density at radius 3 is 2.47 bits per heavy atom. The van der Waals surface area contributed by atoms with Gasteiger partial charge < -0.3 is 24.0 Å². The number of carbonyl (C=O) groups is 2. The van der Waals surface area contributed by atoms with Crippen LogP contribution in [0.5, 0.6) is 11.5 Å². The summed E-state index contributed by atoms with van der Waals surface area (Å²) < 4.78 is 16.4. The number of piperidine rings is 1. The minimum atomic E-state index is -0.0664. The lowest BCUT2D eigenvalue weighted by molar-refractivity contribution is -0.149. The third-order valence-corrected chi connectivity index (χ3v) is 6.04. The second-order valence-electron chi connectivity index (χ2n) is 8.17. The lowest BCUT2D eigenvalue weighted by Gasteiger charge is -2.39. The number of fused-ring (bicyclic) bond motifs is 1. The summed E-state index contributed by atoms with van der Waals surface area (Å²) >= 11 is 6.19. The van der Waals surface area contributed by atoms with Gasteiger partial charge in [-0.3, -0.25) is 9.59 Å². The number of nitrogens with zero attached hydrogens (tertiary/aromatic N) is 2. The standard InChI is InChI=1S/C22H27ClN2O5/c1-14-11-25(12-15(2)30-14)22(27)17-5-7-24(8-6-17)20(26)4-3-16-9-18(23)21-19(10-16)28-13-29-21/h3-4,9-10,14-15,17H,5-8,11-13H2,1-2H3/b4-3-/t14-,15+. The van der Waals surface area contributed by atoms with Gasteiger partial charge in [-0.1, -0.05) is 11.6 Å². The third-order valence-electron chi connectivity index (χ3n) is 5.76. The molecule has 4 rings (SSSR count). The second-order valence-corrected chi connectivity index (χ2v) is 8.58. The average molecular weight is 435 g/mol. The van der Waals surface area contributed by atoms with Crippen LogP contribution in [0.1, 0.15) is 32.3 Å². The number of rotatable bonds is 3. The molecule has 30 heavy (non-hydrogen) atoms. The van der Waals surface area contributed by atoms with Crippen LogP contribution in [0.3, 0.4) is 0 Å². The fourth-order valence-corrected chi connectivity index (χ4v) is 4.59. The summed E-state index contributed by atoms with van der Waals surface area (Å²) in [5.41, 5.74) is 0.776. The first kappa shape index (κ1) is 21.0. The predicted molar refractivity (Wildman–Crippen MR) is 113 cm³/mol. The lowest BCUT2D eigenvalue weighted by atomic mass is 9.94. The van der Waals surface area contributed by atoms with Crippen molar-refractivity contribution < 1.29 is 23.8 Å². The van der Waals surface area contributed by atoms with E-state index >= 15 is 0 Å². The number of ether oxygens (including phenoxy) is 3. The Labute approximate surface area is 181 Å². The Morgan fingerprint density at radius 2 is 1.77 bits per heavy atom. The first-order valence-corrected chi connectivity index (χ1v) is 10.8. The Morgan fingerprint density at radius 1 is 1.07 bits per heavy atom. The van der Waals surface area contributed by atoms with Gasteiger partial charge in [0, 0.05) is 38.2 Å². The van der Waals surface area contributed by atoms with E-state index in [0.717, 1.165) is 5.56 Å². The molecule has 7 nitrogen and oxygen atoms in total. The van der Waals surface area contributed by atoms with Crippen LogP contribution in [0, 0.1) is 5.92 Å². The molecule has 2 atom stereocenters. The molecule has 0 N–H and O–H groups in total. The Kier molecular flexibility index (Phi) is 6.20. The van der Waals surface area contributed by atoms with Crippen LogP contribution in [0.2, 0.25) is 5.02 Å². The molecular weight excluding hydrogens is 408 g/mol. The smallest absolute Gasteiger partial charge is 0.246 e. The van der Waals surface area contributed by atoms with Gasteiger partial charge in [0.25, 0.3) is 0 Å². The van der Waals surface area contributed by atoms with Crippen molar-refractivity contribution >= 4 is 29.5 Å². The normalized spacial score (nSPS) is 24.5. The average Bonchev–Trinajstić information content (AvgIpc) is 3.20. The van der Waals surface area contributed by atoms with Crippen LogP contribution in [0.25, 0.3) is 6.08 Å². The van der Waals surface area contributed by atoms with Crippen molar-refractivity contribution in [3.63, 3.8) is 0 Å². The van der Waals surface area contributed by atoms with Crippen molar-refractivity contribution in [2.45, 2.75) is 38.9 Å². The maximum Gasteiger partial charge on any atom is 0.246 e. The molecule has 1 aromatic rings. The van der Waals surface area contributed by atoms with E-state index in [1.807, 2.05) is 18.7 Å². The number of benzene rings is 1. The van der Waals surface area contributed by atoms with Gasteiger partial charge in [-0.2, -0.15) is 0 Å². The SMILES string of the molecule is C[C@@H]1CN(C(=O)C2CCN(C(=O)/C=C\c3cc(Cl)c4c(c3)OCO4)CC2)C[C@H](C)O1. The fraction of sp³-hybridized carbons (Fsp3) is 0.545. The van der Waals surface area contributed by atoms with Crippen molar-refractivity contribution in [1.82, 2.24) is 9.80 Å². The number of likely N-dealkylation sites (tertiary alicyclic amines) is 1. The van der Waals surface area contributed by atoms with Gasteiger partial charge in [0.15, 0.2) is 11.5 Å². The summed E-state index contributed by atoms with van der Waals surface area (Å²) in [4.78, 5) is 29.2. The lowest BCUT2D eigenvalue weighted by Crippen LogP contribution is -2.51. The first-order chi connectivity index (χ1) is 14.4.